The molecule has 0 radical (unpaired) electrons. The van der Waals surface area contributed by atoms with Crippen molar-refractivity contribution >= 4 is 12.4 Å². The van der Waals surface area contributed by atoms with E-state index in [1.54, 1.807) is 0 Å². The second kappa shape index (κ2) is 6.18. The molecule has 0 saturated carbocycles. The zero-order valence-electron chi connectivity index (χ0n) is 9.33. The monoisotopic (exact) mass is 202 g/mol. The molecule has 1 rings (SSSR count). The summed E-state index contributed by atoms with van der Waals surface area (Å²) >= 11 is 0. The highest BCUT2D eigenvalue weighted by molar-refractivity contribution is 5.76. The Labute approximate surface area is 91.8 Å². The second-order valence-corrected chi connectivity index (χ2v) is 3.74. The maximum absolute atomic E-state index is 10.7. The van der Waals surface area contributed by atoms with Crippen LogP contribution in [0.1, 0.15) is 47.7 Å². The minimum absolute atomic E-state index is 0.757. The van der Waals surface area contributed by atoms with Crippen LogP contribution >= 0.6 is 0 Å². The molecule has 80 valence electrons. The predicted molar refractivity (Wildman–Crippen MR) is 65.1 cm³/mol. The lowest BCUT2D eigenvalue weighted by Crippen LogP contribution is -1.92. The van der Waals surface area contributed by atoms with Gasteiger partial charge in [-0.25, -0.2) is 0 Å². The van der Waals surface area contributed by atoms with E-state index in [0.29, 0.717) is 0 Å². The Morgan fingerprint density at radius 1 is 1.33 bits per heavy atom. The Hall–Kier alpha value is -1.37. The van der Waals surface area contributed by atoms with E-state index in [9.17, 15) is 4.79 Å². The van der Waals surface area contributed by atoms with Gasteiger partial charge < -0.3 is 0 Å². The Morgan fingerprint density at radius 2 is 2.13 bits per heavy atom. The lowest BCUT2D eigenvalue weighted by molar-refractivity contribution is 0.112. The molecule has 0 atom stereocenters. The van der Waals surface area contributed by atoms with Crippen LogP contribution in [0.5, 0.6) is 0 Å². The summed E-state index contributed by atoms with van der Waals surface area (Å²) in [5, 5.41) is 0. The van der Waals surface area contributed by atoms with Crippen molar-refractivity contribution in [3.8, 4) is 0 Å². The van der Waals surface area contributed by atoms with E-state index < -0.39 is 0 Å². The number of benzene rings is 1. The summed E-state index contributed by atoms with van der Waals surface area (Å²) in [4.78, 5) is 10.7. The van der Waals surface area contributed by atoms with Crippen molar-refractivity contribution < 1.29 is 4.79 Å². The van der Waals surface area contributed by atoms with Crippen LogP contribution in [0.3, 0.4) is 0 Å². The van der Waals surface area contributed by atoms with Crippen molar-refractivity contribution in [2.75, 3.05) is 0 Å². The normalized spacial score (nSPS) is 9.93. The van der Waals surface area contributed by atoms with Crippen LogP contribution in [0.2, 0.25) is 0 Å². The van der Waals surface area contributed by atoms with Gasteiger partial charge in [-0.05, 0) is 30.0 Å². The first kappa shape index (κ1) is 11.7. The third-order valence-corrected chi connectivity index (χ3v) is 2.57. The highest BCUT2D eigenvalue weighted by atomic mass is 16.1. The highest BCUT2D eigenvalue weighted by Crippen LogP contribution is 2.15. The molecule has 1 nitrogen and oxygen atoms in total. The van der Waals surface area contributed by atoms with Gasteiger partial charge in [0.05, 0.1) is 0 Å². The largest absolute Gasteiger partial charge is 0.298 e. The molecule has 0 heterocycles. The molecule has 0 bridgehead atoms. The van der Waals surface area contributed by atoms with Crippen LogP contribution in [-0.2, 0) is 6.42 Å². The molecule has 0 fully saturated rings. The number of carbonyl (C=O) groups excluding carboxylic acids is 1. The van der Waals surface area contributed by atoms with Crippen molar-refractivity contribution in [3.63, 3.8) is 0 Å². The lowest BCUT2D eigenvalue weighted by atomic mass is 9.99. The van der Waals surface area contributed by atoms with E-state index in [1.807, 2.05) is 24.3 Å². The lowest BCUT2D eigenvalue weighted by Gasteiger charge is -2.06. The van der Waals surface area contributed by atoms with Gasteiger partial charge in [-0.3, -0.25) is 4.79 Å². The summed E-state index contributed by atoms with van der Waals surface area (Å²) in [6.45, 7) is 5.98. The topological polar surface area (TPSA) is 17.1 Å². The molecule has 0 aromatic heterocycles. The first-order chi connectivity index (χ1) is 7.31. The van der Waals surface area contributed by atoms with Crippen LogP contribution in [0, 0.1) is 0 Å². The van der Waals surface area contributed by atoms with Crippen molar-refractivity contribution in [1.82, 2.24) is 0 Å². The second-order valence-electron chi connectivity index (χ2n) is 3.74. The molecular weight excluding hydrogens is 184 g/mol. The fourth-order valence-corrected chi connectivity index (χ4v) is 1.68. The highest BCUT2D eigenvalue weighted by Gasteiger charge is 2.00. The molecule has 0 aliphatic heterocycles. The Kier molecular flexibility index (Phi) is 4.82. The average Bonchev–Trinajstić information content (AvgIpc) is 2.29. The third-order valence-electron chi connectivity index (χ3n) is 2.57. The third kappa shape index (κ3) is 3.35. The SMILES string of the molecule is C=Cc1ccc(C=O)cc1CCCCC. The quantitative estimate of drug-likeness (QED) is 0.505. The molecule has 0 amide bonds. The maximum atomic E-state index is 10.7. The summed E-state index contributed by atoms with van der Waals surface area (Å²) in [5.74, 6) is 0. The smallest absolute Gasteiger partial charge is 0.150 e. The number of carbonyl (C=O) groups is 1. The summed E-state index contributed by atoms with van der Waals surface area (Å²) in [5.41, 5.74) is 3.15. The molecular formula is C14H18O. The zero-order chi connectivity index (χ0) is 11.1. The molecule has 15 heavy (non-hydrogen) atoms. The van der Waals surface area contributed by atoms with Gasteiger partial charge in [-0.2, -0.15) is 0 Å². The molecule has 0 aliphatic rings. The fraction of sp³-hybridized carbons (Fsp3) is 0.357. The van der Waals surface area contributed by atoms with Crippen LogP contribution in [0.4, 0.5) is 0 Å². The van der Waals surface area contributed by atoms with Crippen molar-refractivity contribution in [2.45, 2.75) is 32.6 Å². The van der Waals surface area contributed by atoms with Gasteiger partial charge in [0.1, 0.15) is 6.29 Å². The van der Waals surface area contributed by atoms with Gasteiger partial charge in [-0.15, -0.1) is 0 Å². The summed E-state index contributed by atoms with van der Waals surface area (Å²) in [6.07, 6.45) is 7.43. The van der Waals surface area contributed by atoms with E-state index in [4.69, 9.17) is 0 Å². The number of rotatable bonds is 6. The number of aldehydes is 1. The van der Waals surface area contributed by atoms with Gasteiger partial charge >= 0.3 is 0 Å². The van der Waals surface area contributed by atoms with E-state index >= 15 is 0 Å². The van der Waals surface area contributed by atoms with Gasteiger partial charge in [0.15, 0.2) is 0 Å². The van der Waals surface area contributed by atoms with Gasteiger partial charge in [-0.1, -0.05) is 44.6 Å². The minimum Gasteiger partial charge on any atom is -0.298 e. The van der Waals surface area contributed by atoms with Gasteiger partial charge in [0, 0.05) is 5.56 Å². The first-order valence-corrected chi connectivity index (χ1v) is 5.52. The Balaban J connectivity index is 2.81. The predicted octanol–water partition coefficient (Wildman–Crippen LogP) is 3.87. The van der Waals surface area contributed by atoms with Crippen LogP contribution in [0.15, 0.2) is 24.8 Å². The standard InChI is InChI=1S/C14H18O/c1-3-5-6-7-14-10-12(11-15)8-9-13(14)4-2/h4,8-11H,2-3,5-7H2,1H3. The average molecular weight is 202 g/mol. The number of hydrogen-bond donors (Lipinski definition) is 0. The molecule has 1 aromatic rings. The zero-order valence-corrected chi connectivity index (χ0v) is 9.33. The molecule has 0 saturated heterocycles. The molecule has 1 heteroatoms. The number of aryl methyl sites for hydroxylation is 1. The Bertz CT molecular complexity index is 339. The van der Waals surface area contributed by atoms with Crippen LogP contribution < -0.4 is 0 Å². The van der Waals surface area contributed by atoms with Crippen molar-refractivity contribution in [1.29, 1.82) is 0 Å². The van der Waals surface area contributed by atoms with E-state index in [2.05, 4.69) is 13.5 Å². The van der Waals surface area contributed by atoms with E-state index in [0.717, 1.165) is 23.8 Å². The van der Waals surface area contributed by atoms with E-state index in [-0.39, 0.29) is 0 Å². The molecule has 0 aliphatic carbocycles. The fourth-order valence-electron chi connectivity index (χ4n) is 1.68. The molecule has 0 unspecified atom stereocenters. The van der Waals surface area contributed by atoms with E-state index in [1.165, 1.54) is 24.8 Å². The summed E-state index contributed by atoms with van der Waals surface area (Å²) in [7, 11) is 0. The molecule has 1 aromatic carbocycles. The summed E-state index contributed by atoms with van der Waals surface area (Å²) < 4.78 is 0. The molecule has 0 spiro atoms. The van der Waals surface area contributed by atoms with Gasteiger partial charge in [0.2, 0.25) is 0 Å². The Morgan fingerprint density at radius 3 is 2.73 bits per heavy atom. The number of hydrogen-bond acceptors (Lipinski definition) is 1. The number of unbranched alkanes of at least 4 members (excludes halogenated alkanes) is 2. The first-order valence-electron chi connectivity index (χ1n) is 5.52. The van der Waals surface area contributed by atoms with Gasteiger partial charge in [0.25, 0.3) is 0 Å². The van der Waals surface area contributed by atoms with Crippen molar-refractivity contribution in [3.05, 3.63) is 41.5 Å². The van der Waals surface area contributed by atoms with Crippen molar-refractivity contribution in [2.24, 2.45) is 0 Å². The van der Waals surface area contributed by atoms with Crippen LogP contribution in [-0.4, -0.2) is 6.29 Å². The maximum Gasteiger partial charge on any atom is 0.150 e. The minimum atomic E-state index is 0.757. The van der Waals surface area contributed by atoms with Crippen LogP contribution in [0.25, 0.3) is 6.08 Å². The summed E-state index contributed by atoms with van der Waals surface area (Å²) in [6, 6.07) is 5.78. The molecule has 0 N–H and O–H groups in total.